The Hall–Kier alpha value is -4.02. The predicted molar refractivity (Wildman–Crippen MR) is 147 cm³/mol. The molecule has 36 heavy (non-hydrogen) atoms. The predicted octanol–water partition coefficient (Wildman–Crippen LogP) is 7.94. The number of ether oxygens (including phenoxy) is 1. The maximum absolute atomic E-state index is 12.8. The van der Waals surface area contributed by atoms with E-state index in [1.807, 2.05) is 50.2 Å². The first-order valence-corrected chi connectivity index (χ1v) is 12.1. The van der Waals surface area contributed by atoms with Gasteiger partial charge in [0.05, 0.1) is 13.4 Å². The van der Waals surface area contributed by atoms with Crippen molar-refractivity contribution < 1.29 is 13.9 Å². The van der Waals surface area contributed by atoms with Crippen molar-refractivity contribution in [3.63, 3.8) is 0 Å². The van der Waals surface area contributed by atoms with Gasteiger partial charge < -0.3 is 14.5 Å². The summed E-state index contributed by atoms with van der Waals surface area (Å²) in [7, 11) is 1.64. The topological polar surface area (TPSA) is 51.5 Å². The third-order valence-corrected chi connectivity index (χ3v) is 6.88. The van der Waals surface area contributed by atoms with E-state index in [1.165, 1.54) is 5.39 Å². The van der Waals surface area contributed by atoms with Crippen LogP contribution in [0.3, 0.4) is 0 Å². The fourth-order valence-corrected chi connectivity index (χ4v) is 4.89. The molecule has 1 aromatic heterocycles. The molecule has 180 valence electrons. The first kappa shape index (κ1) is 23.7. The van der Waals surface area contributed by atoms with Crippen LogP contribution in [-0.4, -0.2) is 13.0 Å². The molecule has 0 aliphatic carbocycles. The molecule has 0 bridgehead atoms. The Labute approximate surface area is 215 Å². The van der Waals surface area contributed by atoms with Crippen molar-refractivity contribution >= 4 is 44.8 Å². The fraction of sp³-hybridized carbons (Fsp3) is 0.129. The van der Waals surface area contributed by atoms with E-state index >= 15 is 0 Å². The zero-order valence-electron chi connectivity index (χ0n) is 20.4. The minimum absolute atomic E-state index is 0.200. The second kappa shape index (κ2) is 9.92. The van der Waals surface area contributed by atoms with Gasteiger partial charge in [0.2, 0.25) is 5.91 Å². The lowest BCUT2D eigenvalue weighted by molar-refractivity contribution is -0.116. The van der Waals surface area contributed by atoms with Gasteiger partial charge in [-0.05, 0) is 53.5 Å². The average Bonchev–Trinajstić information content (AvgIpc) is 3.32. The molecule has 4 nitrogen and oxygen atoms in total. The van der Waals surface area contributed by atoms with E-state index in [9.17, 15) is 4.79 Å². The summed E-state index contributed by atoms with van der Waals surface area (Å²) in [5, 5.41) is 6.85. The lowest BCUT2D eigenvalue weighted by Gasteiger charge is -2.14. The molecule has 1 heterocycles. The lowest BCUT2D eigenvalue weighted by atomic mass is 9.94. The second-order valence-electron chi connectivity index (χ2n) is 8.77. The van der Waals surface area contributed by atoms with Crippen molar-refractivity contribution in [2.24, 2.45) is 0 Å². The number of amides is 1. The molecule has 1 amide bonds. The summed E-state index contributed by atoms with van der Waals surface area (Å²) in [4.78, 5) is 12.8. The fourth-order valence-electron chi connectivity index (χ4n) is 4.69. The molecule has 0 radical (unpaired) electrons. The molecular formula is C31H26ClNO3. The van der Waals surface area contributed by atoms with Crippen molar-refractivity contribution in [2.45, 2.75) is 20.4 Å². The van der Waals surface area contributed by atoms with Gasteiger partial charge >= 0.3 is 0 Å². The zero-order chi connectivity index (χ0) is 25.2. The van der Waals surface area contributed by atoms with Crippen LogP contribution in [0.1, 0.15) is 23.6 Å². The number of hydrogen-bond acceptors (Lipinski definition) is 3. The van der Waals surface area contributed by atoms with E-state index in [2.05, 4.69) is 41.7 Å². The van der Waals surface area contributed by atoms with E-state index < -0.39 is 0 Å². The molecule has 4 aromatic carbocycles. The number of benzene rings is 4. The van der Waals surface area contributed by atoms with Crippen molar-refractivity contribution in [1.29, 1.82) is 0 Å². The number of aryl methyl sites for hydroxylation is 1. The first-order valence-electron chi connectivity index (χ1n) is 11.7. The Morgan fingerprint density at radius 3 is 2.56 bits per heavy atom. The highest BCUT2D eigenvalue weighted by atomic mass is 35.5. The lowest BCUT2D eigenvalue weighted by Crippen LogP contribution is -2.20. The van der Waals surface area contributed by atoms with Crippen LogP contribution >= 0.6 is 11.6 Å². The van der Waals surface area contributed by atoms with Crippen LogP contribution in [0.25, 0.3) is 38.4 Å². The number of nitrogens with one attached hydrogen (secondary N) is 1. The van der Waals surface area contributed by atoms with E-state index in [-0.39, 0.29) is 5.91 Å². The summed E-state index contributed by atoms with van der Waals surface area (Å²) in [6.45, 7) is 4.24. The second-order valence-corrected chi connectivity index (χ2v) is 9.18. The Bertz CT molecular complexity index is 1630. The number of rotatable bonds is 6. The van der Waals surface area contributed by atoms with Crippen LogP contribution in [0.5, 0.6) is 5.75 Å². The Kier molecular flexibility index (Phi) is 6.53. The third kappa shape index (κ3) is 4.36. The molecule has 5 rings (SSSR count). The SMILES string of the molecule is COc1c(/C(C)=C/C(=O)NCc2ccccc2Cl)cc2c(-c3cccc4ccccc34)coc2c1C. The van der Waals surface area contributed by atoms with Crippen LogP contribution < -0.4 is 10.1 Å². The number of carbonyl (C=O) groups is 1. The number of fused-ring (bicyclic) bond motifs is 2. The van der Waals surface area contributed by atoms with E-state index in [0.29, 0.717) is 17.3 Å². The van der Waals surface area contributed by atoms with Gasteiger partial charge in [0.1, 0.15) is 11.3 Å². The molecule has 5 aromatic rings. The number of methoxy groups -OCH3 is 1. The van der Waals surface area contributed by atoms with Gasteiger partial charge in [-0.25, -0.2) is 0 Å². The number of furan rings is 1. The van der Waals surface area contributed by atoms with Crippen molar-refractivity contribution in [2.75, 3.05) is 7.11 Å². The molecule has 5 heteroatoms. The quantitative estimate of drug-likeness (QED) is 0.243. The molecule has 1 N–H and O–H groups in total. The molecular weight excluding hydrogens is 470 g/mol. The van der Waals surface area contributed by atoms with Crippen molar-refractivity contribution in [3.8, 4) is 16.9 Å². The van der Waals surface area contributed by atoms with Gasteiger partial charge in [-0.3, -0.25) is 4.79 Å². The van der Waals surface area contributed by atoms with Gasteiger partial charge in [0, 0.05) is 39.7 Å². The minimum atomic E-state index is -0.200. The summed E-state index contributed by atoms with van der Waals surface area (Å²) in [5.74, 6) is 0.489. The zero-order valence-corrected chi connectivity index (χ0v) is 21.1. The molecule has 0 aliphatic rings. The first-order chi connectivity index (χ1) is 17.5. The Morgan fingerprint density at radius 1 is 1.00 bits per heavy atom. The van der Waals surface area contributed by atoms with Gasteiger partial charge in [-0.1, -0.05) is 72.3 Å². The standard InChI is InChI=1S/C31H26ClNO3/c1-19(15-29(34)33-17-22-10-5-7-14-28(22)32)25-16-26-27(18-36-31(26)20(2)30(25)35-3)24-13-8-11-21-9-4-6-12-23(21)24/h4-16,18H,17H2,1-3H3,(H,33,34)/b19-15+. The van der Waals surface area contributed by atoms with Gasteiger partial charge in [0.15, 0.2) is 0 Å². The van der Waals surface area contributed by atoms with Crippen LogP contribution in [0.4, 0.5) is 0 Å². The largest absolute Gasteiger partial charge is 0.496 e. The molecule has 0 spiro atoms. The monoisotopic (exact) mass is 495 g/mol. The molecule has 0 saturated carbocycles. The number of allylic oxidation sites excluding steroid dienone is 1. The van der Waals surface area contributed by atoms with E-state index in [1.54, 1.807) is 19.4 Å². The van der Waals surface area contributed by atoms with E-state index in [0.717, 1.165) is 49.7 Å². The summed E-state index contributed by atoms with van der Waals surface area (Å²) < 4.78 is 11.8. The normalized spacial score (nSPS) is 11.7. The average molecular weight is 496 g/mol. The van der Waals surface area contributed by atoms with E-state index in [4.69, 9.17) is 20.8 Å². The van der Waals surface area contributed by atoms with Crippen LogP contribution in [0.2, 0.25) is 5.02 Å². The highest BCUT2D eigenvalue weighted by Gasteiger charge is 2.19. The highest BCUT2D eigenvalue weighted by molar-refractivity contribution is 6.31. The summed E-state index contributed by atoms with van der Waals surface area (Å²) in [5.41, 5.74) is 6.27. The van der Waals surface area contributed by atoms with Crippen molar-refractivity contribution in [3.05, 3.63) is 107 Å². The minimum Gasteiger partial charge on any atom is -0.496 e. The van der Waals surface area contributed by atoms with Gasteiger partial charge in [0.25, 0.3) is 0 Å². The maximum Gasteiger partial charge on any atom is 0.244 e. The van der Waals surface area contributed by atoms with Crippen molar-refractivity contribution in [1.82, 2.24) is 5.32 Å². The van der Waals surface area contributed by atoms with Gasteiger partial charge in [-0.15, -0.1) is 0 Å². The number of hydrogen-bond donors (Lipinski definition) is 1. The smallest absolute Gasteiger partial charge is 0.244 e. The maximum atomic E-state index is 12.8. The summed E-state index contributed by atoms with van der Waals surface area (Å²) in [6.07, 6.45) is 3.40. The highest BCUT2D eigenvalue weighted by Crippen LogP contribution is 2.42. The Balaban J connectivity index is 1.55. The molecule has 0 atom stereocenters. The molecule has 0 saturated heterocycles. The van der Waals surface area contributed by atoms with Crippen LogP contribution in [-0.2, 0) is 11.3 Å². The van der Waals surface area contributed by atoms with Gasteiger partial charge in [-0.2, -0.15) is 0 Å². The molecule has 0 fully saturated rings. The third-order valence-electron chi connectivity index (χ3n) is 6.51. The molecule has 0 aliphatic heterocycles. The van der Waals surface area contributed by atoms with Crippen LogP contribution in [0, 0.1) is 6.92 Å². The summed E-state index contributed by atoms with van der Waals surface area (Å²) >= 11 is 6.22. The van der Waals surface area contributed by atoms with Crippen LogP contribution in [0.15, 0.2) is 89.6 Å². The number of halogens is 1. The summed E-state index contributed by atoms with van der Waals surface area (Å²) in [6, 6.07) is 24.1. The Morgan fingerprint density at radius 2 is 1.75 bits per heavy atom. The molecule has 0 unspecified atom stereocenters. The number of carbonyl (C=O) groups excluding carboxylic acids is 1.